The first-order chi connectivity index (χ1) is 12.1. The van der Waals surface area contributed by atoms with Crippen molar-refractivity contribution in [2.45, 2.75) is 38.5 Å². The lowest BCUT2D eigenvalue weighted by Crippen LogP contribution is -2.52. The van der Waals surface area contributed by atoms with Gasteiger partial charge in [0.25, 0.3) is 0 Å². The fraction of sp³-hybridized carbons (Fsp3) is 0.722. The predicted molar refractivity (Wildman–Crippen MR) is 96.0 cm³/mol. The van der Waals surface area contributed by atoms with Crippen LogP contribution in [0.15, 0.2) is 12.7 Å². The second kappa shape index (κ2) is 10.2. The molecule has 0 atom stereocenters. The van der Waals surface area contributed by atoms with E-state index < -0.39 is 6.03 Å². The van der Waals surface area contributed by atoms with Gasteiger partial charge in [0.2, 0.25) is 11.8 Å². The molecule has 2 fully saturated rings. The third-order valence-electron chi connectivity index (χ3n) is 4.99. The Morgan fingerprint density at radius 1 is 1.08 bits per heavy atom. The molecule has 4 amide bonds. The van der Waals surface area contributed by atoms with Gasteiger partial charge in [0, 0.05) is 39.1 Å². The quantitative estimate of drug-likeness (QED) is 0.674. The molecular formula is C18H30N4O3. The van der Waals surface area contributed by atoms with Gasteiger partial charge in [-0.15, -0.1) is 6.58 Å². The highest BCUT2D eigenvalue weighted by Crippen LogP contribution is 2.28. The van der Waals surface area contributed by atoms with Gasteiger partial charge < -0.3 is 10.2 Å². The Balaban J connectivity index is 1.61. The molecule has 1 saturated heterocycles. The summed E-state index contributed by atoms with van der Waals surface area (Å²) in [5.41, 5.74) is 0. The third kappa shape index (κ3) is 6.86. The van der Waals surface area contributed by atoms with Gasteiger partial charge in [-0.05, 0) is 12.3 Å². The fourth-order valence-corrected chi connectivity index (χ4v) is 3.52. The Kier molecular flexibility index (Phi) is 7.91. The van der Waals surface area contributed by atoms with E-state index in [0.717, 1.165) is 12.3 Å². The first-order valence-corrected chi connectivity index (χ1v) is 9.27. The van der Waals surface area contributed by atoms with E-state index in [-0.39, 0.29) is 18.4 Å². The van der Waals surface area contributed by atoms with E-state index in [1.165, 1.54) is 25.7 Å². The summed E-state index contributed by atoms with van der Waals surface area (Å²) in [6.45, 7) is 6.62. The van der Waals surface area contributed by atoms with E-state index in [1.54, 1.807) is 6.08 Å². The topological polar surface area (TPSA) is 81.8 Å². The molecule has 0 aromatic heterocycles. The van der Waals surface area contributed by atoms with Gasteiger partial charge in [-0.3, -0.25) is 19.8 Å². The maximum absolute atomic E-state index is 12.3. The summed E-state index contributed by atoms with van der Waals surface area (Å²) >= 11 is 0. The zero-order valence-corrected chi connectivity index (χ0v) is 15.0. The number of imide groups is 1. The van der Waals surface area contributed by atoms with Crippen molar-refractivity contribution < 1.29 is 14.4 Å². The van der Waals surface area contributed by atoms with Gasteiger partial charge in [0.15, 0.2) is 0 Å². The molecule has 7 heteroatoms. The van der Waals surface area contributed by atoms with E-state index in [2.05, 4.69) is 17.2 Å². The molecule has 2 rings (SSSR count). The average Bonchev–Trinajstić information content (AvgIpc) is 3.12. The minimum absolute atomic E-state index is 0.172. The molecular weight excluding hydrogens is 320 g/mol. The van der Waals surface area contributed by atoms with Crippen LogP contribution in [0.2, 0.25) is 0 Å². The second-order valence-corrected chi connectivity index (χ2v) is 6.89. The number of nitrogens with one attached hydrogen (secondary N) is 2. The fourth-order valence-electron chi connectivity index (χ4n) is 3.52. The Morgan fingerprint density at radius 3 is 2.40 bits per heavy atom. The first kappa shape index (κ1) is 19.4. The molecule has 1 aliphatic heterocycles. The molecule has 1 saturated carbocycles. The Labute approximate surface area is 149 Å². The molecule has 25 heavy (non-hydrogen) atoms. The van der Waals surface area contributed by atoms with Crippen LogP contribution in [0.1, 0.15) is 38.5 Å². The second-order valence-electron chi connectivity index (χ2n) is 6.89. The minimum Gasteiger partial charge on any atom is -0.340 e. The van der Waals surface area contributed by atoms with Crippen molar-refractivity contribution in [3.8, 4) is 0 Å². The van der Waals surface area contributed by atoms with E-state index in [1.807, 2.05) is 9.80 Å². The van der Waals surface area contributed by atoms with Crippen molar-refractivity contribution >= 4 is 17.8 Å². The van der Waals surface area contributed by atoms with Crippen molar-refractivity contribution in [2.24, 2.45) is 5.92 Å². The SMILES string of the molecule is C=CCNC(=O)NC(=O)CN1CCN(C(=O)CCC2CCCC2)CC1. The van der Waals surface area contributed by atoms with Crippen LogP contribution in [0.25, 0.3) is 0 Å². The molecule has 0 unspecified atom stereocenters. The zero-order chi connectivity index (χ0) is 18.1. The van der Waals surface area contributed by atoms with Crippen LogP contribution in [0, 0.1) is 5.92 Å². The van der Waals surface area contributed by atoms with Crippen LogP contribution in [-0.2, 0) is 9.59 Å². The maximum Gasteiger partial charge on any atom is 0.321 e. The van der Waals surface area contributed by atoms with Crippen molar-refractivity contribution in [3.05, 3.63) is 12.7 Å². The molecule has 0 spiro atoms. The number of hydrogen-bond acceptors (Lipinski definition) is 4. The summed E-state index contributed by atoms with van der Waals surface area (Å²) < 4.78 is 0. The maximum atomic E-state index is 12.3. The Hall–Kier alpha value is -1.89. The molecule has 0 aromatic carbocycles. The summed E-state index contributed by atoms with van der Waals surface area (Å²) in [7, 11) is 0. The molecule has 7 nitrogen and oxygen atoms in total. The number of carbonyl (C=O) groups is 3. The molecule has 140 valence electrons. The molecule has 0 aromatic rings. The van der Waals surface area contributed by atoms with E-state index in [0.29, 0.717) is 39.1 Å². The highest BCUT2D eigenvalue weighted by atomic mass is 16.2. The first-order valence-electron chi connectivity index (χ1n) is 9.27. The minimum atomic E-state index is -0.509. The van der Waals surface area contributed by atoms with Gasteiger partial charge in [-0.1, -0.05) is 31.8 Å². The lowest BCUT2D eigenvalue weighted by Gasteiger charge is -2.34. The lowest BCUT2D eigenvalue weighted by molar-refractivity contribution is -0.133. The summed E-state index contributed by atoms with van der Waals surface area (Å²) in [4.78, 5) is 39.4. The average molecular weight is 350 g/mol. The summed E-state index contributed by atoms with van der Waals surface area (Å²) in [6.07, 6.45) is 8.38. The monoisotopic (exact) mass is 350 g/mol. The molecule has 1 aliphatic carbocycles. The number of hydrogen-bond donors (Lipinski definition) is 2. The van der Waals surface area contributed by atoms with Crippen molar-refractivity contribution in [2.75, 3.05) is 39.3 Å². The highest BCUT2D eigenvalue weighted by molar-refractivity contribution is 5.95. The summed E-state index contributed by atoms with van der Waals surface area (Å²) in [5.74, 6) is 0.642. The predicted octanol–water partition coefficient (Wildman–Crippen LogP) is 1.11. The van der Waals surface area contributed by atoms with E-state index >= 15 is 0 Å². The van der Waals surface area contributed by atoms with Crippen LogP contribution in [0.4, 0.5) is 4.79 Å². The van der Waals surface area contributed by atoms with Gasteiger partial charge in [0.05, 0.1) is 6.54 Å². The largest absolute Gasteiger partial charge is 0.340 e. The zero-order valence-electron chi connectivity index (χ0n) is 15.0. The number of piperazine rings is 1. The third-order valence-corrected chi connectivity index (χ3v) is 4.99. The number of nitrogens with zero attached hydrogens (tertiary/aromatic N) is 2. The smallest absolute Gasteiger partial charge is 0.321 e. The van der Waals surface area contributed by atoms with Crippen LogP contribution in [-0.4, -0.2) is 66.9 Å². The molecule has 0 radical (unpaired) electrons. The van der Waals surface area contributed by atoms with Crippen LogP contribution in [0.3, 0.4) is 0 Å². The summed E-state index contributed by atoms with van der Waals surface area (Å²) in [6, 6.07) is -0.509. The molecule has 0 bridgehead atoms. The molecule has 2 aliphatic rings. The van der Waals surface area contributed by atoms with Crippen molar-refractivity contribution in [1.82, 2.24) is 20.4 Å². The highest BCUT2D eigenvalue weighted by Gasteiger charge is 2.24. The standard InChI is InChI=1S/C18H30N4O3/c1-2-9-19-18(25)20-16(23)14-21-10-12-22(13-11-21)17(24)8-7-15-5-3-4-6-15/h2,15H,1,3-14H2,(H2,19,20,23,25). The van der Waals surface area contributed by atoms with Crippen molar-refractivity contribution in [3.63, 3.8) is 0 Å². The number of urea groups is 1. The number of rotatable bonds is 7. The molecule has 2 N–H and O–H groups in total. The summed E-state index contributed by atoms with van der Waals surface area (Å²) in [5, 5.41) is 4.79. The van der Waals surface area contributed by atoms with Gasteiger partial charge in [-0.2, -0.15) is 0 Å². The van der Waals surface area contributed by atoms with Gasteiger partial charge in [0.1, 0.15) is 0 Å². The Morgan fingerprint density at radius 2 is 1.76 bits per heavy atom. The van der Waals surface area contributed by atoms with E-state index in [4.69, 9.17) is 0 Å². The molecule has 1 heterocycles. The number of amides is 4. The van der Waals surface area contributed by atoms with E-state index in [9.17, 15) is 14.4 Å². The number of carbonyl (C=O) groups excluding carboxylic acids is 3. The van der Waals surface area contributed by atoms with Crippen LogP contribution < -0.4 is 10.6 Å². The van der Waals surface area contributed by atoms with Gasteiger partial charge in [-0.25, -0.2) is 4.79 Å². The normalized spacial score (nSPS) is 18.8. The van der Waals surface area contributed by atoms with Crippen molar-refractivity contribution in [1.29, 1.82) is 0 Å². The van der Waals surface area contributed by atoms with Crippen LogP contribution >= 0.6 is 0 Å². The lowest BCUT2D eigenvalue weighted by atomic mass is 10.0. The Bertz CT molecular complexity index is 481. The van der Waals surface area contributed by atoms with Gasteiger partial charge >= 0.3 is 6.03 Å². The van der Waals surface area contributed by atoms with Crippen LogP contribution in [0.5, 0.6) is 0 Å².